The molecule has 0 fully saturated rings. The lowest BCUT2D eigenvalue weighted by molar-refractivity contribution is 0.174. The molecule has 1 aliphatic carbocycles. The van der Waals surface area contributed by atoms with Gasteiger partial charge in [-0.3, -0.25) is 5.10 Å². The first kappa shape index (κ1) is 11.7. The summed E-state index contributed by atoms with van der Waals surface area (Å²) in [5.41, 5.74) is 5.83. The van der Waals surface area contributed by atoms with E-state index in [1.807, 2.05) is 18.2 Å². The van der Waals surface area contributed by atoms with E-state index in [9.17, 15) is 0 Å². The number of ether oxygens (including phenoxy) is 2. The summed E-state index contributed by atoms with van der Waals surface area (Å²) in [6.45, 7) is 0.284. The number of nitrogens with one attached hydrogen (secondary N) is 2. The average molecular weight is 291 g/mol. The van der Waals surface area contributed by atoms with Crippen molar-refractivity contribution in [2.24, 2.45) is 0 Å². The number of aromatic nitrogens is 2. The molecule has 2 aromatic carbocycles. The number of rotatable bonds is 2. The van der Waals surface area contributed by atoms with Gasteiger partial charge in [-0.1, -0.05) is 24.3 Å². The normalized spacial score (nSPS) is 13.8. The molecule has 1 aromatic heterocycles. The van der Waals surface area contributed by atoms with E-state index in [0.29, 0.717) is 0 Å². The van der Waals surface area contributed by atoms with Gasteiger partial charge < -0.3 is 14.8 Å². The van der Waals surface area contributed by atoms with Gasteiger partial charge in [0.1, 0.15) is 0 Å². The Kier molecular flexibility index (Phi) is 2.27. The summed E-state index contributed by atoms with van der Waals surface area (Å²) in [5.74, 6) is 2.41. The Morgan fingerprint density at radius 2 is 1.95 bits per heavy atom. The van der Waals surface area contributed by atoms with Crippen LogP contribution in [-0.4, -0.2) is 17.0 Å². The average Bonchev–Trinajstić information content (AvgIpc) is 3.23. The van der Waals surface area contributed by atoms with Crippen LogP contribution < -0.4 is 14.8 Å². The quantitative estimate of drug-likeness (QED) is 0.594. The maximum absolute atomic E-state index is 5.41. The molecule has 108 valence electrons. The highest BCUT2D eigenvalue weighted by atomic mass is 16.7. The van der Waals surface area contributed by atoms with Crippen molar-refractivity contribution in [3.8, 4) is 22.8 Å². The van der Waals surface area contributed by atoms with Crippen molar-refractivity contribution < 1.29 is 9.47 Å². The minimum absolute atomic E-state index is 0.284. The predicted molar refractivity (Wildman–Crippen MR) is 82.7 cm³/mol. The fourth-order valence-electron chi connectivity index (χ4n) is 3.08. The second kappa shape index (κ2) is 4.27. The van der Waals surface area contributed by atoms with Crippen LogP contribution in [-0.2, 0) is 6.42 Å². The molecule has 0 saturated heterocycles. The molecule has 0 radical (unpaired) electrons. The lowest BCUT2D eigenvalue weighted by atomic mass is 10.1. The van der Waals surface area contributed by atoms with Crippen LogP contribution in [0.4, 0.5) is 11.5 Å². The smallest absolute Gasteiger partial charge is 0.231 e. The van der Waals surface area contributed by atoms with Crippen LogP contribution in [0.1, 0.15) is 11.1 Å². The number of anilines is 2. The van der Waals surface area contributed by atoms with Gasteiger partial charge in [0.15, 0.2) is 17.3 Å². The lowest BCUT2D eigenvalue weighted by Crippen LogP contribution is -1.95. The fourth-order valence-corrected chi connectivity index (χ4v) is 3.08. The van der Waals surface area contributed by atoms with Crippen molar-refractivity contribution in [3.63, 3.8) is 0 Å². The summed E-state index contributed by atoms with van der Waals surface area (Å²) in [6.07, 6.45) is 0.898. The monoisotopic (exact) mass is 291 g/mol. The molecule has 2 aliphatic rings. The number of fused-ring (bicyclic) bond motifs is 4. The molecule has 0 spiro atoms. The Hall–Kier alpha value is -2.95. The van der Waals surface area contributed by atoms with Crippen LogP contribution in [0.3, 0.4) is 0 Å². The number of nitrogens with zero attached hydrogens (tertiary/aromatic N) is 1. The Labute approximate surface area is 126 Å². The zero-order valence-electron chi connectivity index (χ0n) is 11.7. The van der Waals surface area contributed by atoms with Gasteiger partial charge in [-0.05, 0) is 17.7 Å². The van der Waals surface area contributed by atoms with Crippen LogP contribution in [0.5, 0.6) is 11.5 Å². The molecule has 0 bridgehead atoms. The number of hydrogen-bond donors (Lipinski definition) is 2. The van der Waals surface area contributed by atoms with E-state index in [1.54, 1.807) is 0 Å². The standard InChI is InChI=1S/C17H13N3O2/c1-2-4-12-10(3-1)7-13-16(12)19-20-17(13)18-11-5-6-14-15(8-11)22-9-21-14/h1-6,8H,7,9H2,(H2,18,19,20). The van der Waals surface area contributed by atoms with E-state index in [4.69, 9.17) is 9.47 Å². The van der Waals surface area contributed by atoms with Crippen LogP contribution in [0.25, 0.3) is 11.3 Å². The van der Waals surface area contributed by atoms with Crippen molar-refractivity contribution in [3.05, 3.63) is 53.6 Å². The molecule has 0 amide bonds. The predicted octanol–water partition coefficient (Wildman–Crippen LogP) is 3.45. The summed E-state index contributed by atoms with van der Waals surface area (Å²) in [4.78, 5) is 0. The van der Waals surface area contributed by atoms with Gasteiger partial charge in [0.05, 0.1) is 5.69 Å². The van der Waals surface area contributed by atoms with E-state index in [-0.39, 0.29) is 6.79 Å². The summed E-state index contributed by atoms with van der Waals surface area (Å²) >= 11 is 0. The molecule has 22 heavy (non-hydrogen) atoms. The molecule has 2 heterocycles. The Morgan fingerprint density at radius 3 is 2.95 bits per heavy atom. The highest BCUT2D eigenvalue weighted by Crippen LogP contribution is 2.40. The minimum Gasteiger partial charge on any atom is -0.454 e. The molecule has 5 rings (SSSR count). The molecular formula is C17H13N3O2. The third-order valence-electron chi connectivity index (χ3n) is 4.16. The maximum atomic E-state index is 5.41. The first-order valence-corrected chi connectivity index (χ1v) is 7.21. The summed E-state index contributed by atoms with van der Waals surface area (Å²) in [7, 11) is 0. The molecule has 5 heteroatoms. The maximum Gasteiger partial charge on any atom is 0.231 e. The van der Waals surface area contributed by atoms with Crippen LogP contribution in [0.15, 0.2) is 42.5 Å². The highest BCUT2D eigenvalue weighted by molar-refractivity contribution is 5.79. The molecule has 0 atom stereocenters. The topological polar surface area (TPSA) is 59.2 Å². The van der Waals surface area contributed by atoms with Gasteiger partial charge in [0, 0.05) is 29.3 Å². The number of aromatic amines is 1. The van der Waals surface area contributed by atoms with Crippen molar-refractivity contribution in [2.45, 2.75) is 6.42 Å². The highest BCUT2D eigenvalue weighted by Gasteiger charge is 2.24. The van der Waals surface area contributed by atoms with Gasteiger partial charge in [-0.25, -0.2) is 0 Å². The van der Waals surface area contributed by atoms with E-state index < -0.39 is 0 Å². The zero-order valence-corrected chi connectivity index (χ0v) is 11.7. The Morgan fingerprint density at radius 1 is 1.05 bits per heavy atom. The van der Waals surface area contributed by atoms with Gasteiger partial charge in [0.2, 0.25) is 6.79 Å². The van der Waals surface area contributed by atoms with Crippen LogP contribution in [0.2, 0.25) is 0 Å². The van der Waals surface area contributed by atoms with E-state index in [0.717, 1.165) is 35.1 Å². The molecule has 0 saturated carbocycles. The minimum atomic E-state index is 0.284. The van der Waals surface area contributed by atoms with Gasteiger partial charge >= 0.3 is 0 Å². The third kappa shape index (κ3) is 1.62. The van der Waals surface area contributed by atoms with Gasteiger partial charge in [-0.15, -0.1) is 0 Å². The number of hydrogen-bond acceptors (Lipinski definition) is 4. The van der Waals surface area contributed by atoms with E-state index >= 15 is 0 Å². The molecule has 0 unspecified atom stereocenters. The van der Waals surface area contributed by atoms with Crippen LogP contribution in [0, 0.1) is 0 Å². The summed E-state index contributed by atoms with van der Waals surface area (Å²) in [6, 6.07) is 14.2. The largest absolute Gasteiger partial charge is 0.454 e. The van der Waals surface area contributed by atoms with E-state index in [1.165, 1.54) is 16.7 Å². The second-order valence-corrected chi connectivity index (χ2v) is 5.45. The van der Waals surface area contributed by atoms with Gasteiger partial charge in [0.25, 0.3) is 0 Å². The van der Waals surface area contributed by atoms with Crippen molar-refractivity contribution in [1.29, 1.82) is 0 Å². The lowest BCUT2D eigenvalue weighted by Gasteiger charge is -2.06. The summed E-state index contributed by atoms with van der Waals surface area (Å²) in [5, 5.41) is 10.9. The van der Waals surface area contributed by atoms with Crippen LogP contribution >= 0.6 is 0 Å². The third-order valence-corrected chi connectivity index (χ3v) is 4.16. The first-order valence-electron chi connectivity index (χ1n) is 7.21. The Bertz CT molecular complexity index is 885. The van der Waals surface area contributed by atoms with E-state index in [2.05, 4.69) is 39.8 Å². The number of benzene rings is 2. The van der Waals surface area contributed by atoms with Crippen molar-refractivity contribution in [2.75, 3.05) is 12.1 Å². The Balaban J connectivity index is 1.50. The summed E-state index contributed by atoms with van der Waals surface area (Å²) < 4.78 is 10.7. The first-order chi connectivity index (χ1) is 10.9. The SMILES string of the molecule is c1ccc2c(c1)Cc1c(Nc3ccc4c(c3)OCO4)n[nH]c1-2. The molecule has 3 aromatic rings. The molecule has 5 nitrogen and oxygen atoms in total. The molecule has 1 aliphatic heterocycles. The number of H-pyrrole nitrogens is 1. The fraction of sp³-hybridized carbons (Fsp3) is 0.118. The van der Waals surface area contributed by atoms with Crippen molar-refractivity contribution in [1.82, 2.24) is 10.2 Å². The van der Waals surface area contributed by atoms with Gasteiger partial charge in [-0.2, -0.15) is 5.10 Å². The van der Waals surface area contributed by atoms with Crippen molar-refractivity contribution >= 4 is 11.5 Å². The molecular weight excluding hydrogens is 278 g/mol. The second-order valence-electron chi connectivity index (χ2n) is 5.45. The zero-order chi connectivity index (χ0) is 14.5. The molecule has 2 N–H and O–H groups in total.